The first kappa shape index (κ1) is 24.3. The maximum absolute atomic E-state index is 12.6. The van der Waals surface area contributed by atoms with Crippen LogP contribution in [-0.2, 0) is 9.53 Å². The smallest absolute Gasteiger partial charge is 0.411 e. The maximum atomic E-state index is 12.6. The van der Waals surface area contributed by atoms with Crippen LogP contribution in [0.2, 0.25) is 5.02 Å². The Hall–Kier alpha value is -3.84. The summed E-state index contributed by atoms with van der Waals surface area (Å²) in [7, 11) is 0. The quantitative estimate of drug-likeness (QED) is 0.383. The minimum Gasteiger partial charge on any atom is -0.481 e. The van der Waals surface area contributed by atoms with Gasteiger partial charge in [-0.2, -0.15) is 0 Å². The Morgan fingerprint density at radius 3 is 2.23 bits per heavy atom. The van der Waals surface area contributed by atoms with E-state index in [1.807, 2.05) is 36.4 Å². The number of fused-ring (bicyclic) bond motifs is 3. The van der Waals surface area contributed by atoms with Gasteiger partial charge in [-0.1, -0.05) is 67.1 Å². The zero-order valence-corrected chi connectivity index (χ0v) is 19.8. The Balaban J connectivity index is 1.41. The van der Waals surface area contributed by atoms with Crippen LogP contribution in [-0.4, -0.2) is 36.2 Å². The van der Waals surface area contributed by atoms with Gasteiger partial charge in [-0.05, 0) is 46.9 Å². The van der Waals surface area contributed by atoms with Crippen molar-refractivity contribution in [3.63, 3.8) is 0 Å². The summed E-state index contributed by atoms with van der Waals surface area (Å²) in [4.78, 5) is 36.2. The molecule has 0 radical (unpaired) electrons. The van der Waals surface area contributed by atoms with E-state index < -0.39 is 23.9 Å². The monoisotopic (exact) mass is 492 g/mol. The van der Waals surface area contributed by atoms with Crippen LogP contribution in [0.4, 0.5) is 10.5 Å². The zero-order chi connectivity index (χ0) is 24.9. The Kier molecular flexibility index (Phi) is 7.36. The van der Waals surface area contributed by atoms with E-state index in [9.17, 15) is 14.4 Å². The van der Waals surface area contributed by atoms with Gasteiger partial charge >= 0.3 is 12.1 Å². The summed E-state index contributed by atoms with van der Waals surface area (Å²) >= 11 is 6.22. The van der Waals surface area contributed by atoms with Crippen LogP contribution in [0.15, 0.2) is 66.7 Å². The van der Waals surface area contributed by atoms with Crippen molar-refractivity contribution in [3.05, 3.63) is 88.4 Å². The average molecular weight is 493 g/mol. The highest BCUT2D eigenvalue weighted by atomic mass is 35.5. The molecule has 0 spiro atoms. The first-order chi connectivity index (χ1) is 16.9. The van der Waals surface area contributed by atoms with Gasteiger partial charge in [0.15, 0.2) is 0 Å². The lowest BCUT2D eigenvalue weighted by molar-refractivity contribution is -0.141. The summed E-state index contributed by atoms with van der Waals surface area (Å²) in [5.74, 6) is -2.19. The number of carbonyl (C=O) groups is 3. The molecule has 7 nitrogen and oxygen atoms in total. The fourth-order valence-electron chi connectivity index (χ4n) is 4.23. The number of benzene rings is 3. The number of amides is 2. The van der Waals surface area contributed by atoms with E-state index in [1.165, 1.54) is 18.2 Å². The number of hydrogen-bond acceptors (Lipinski definition) is 4. The van der Waals surface area contributed by atoms with E-state index in [0.717, 1.165) is 22.3 Å². The molecule has 0 saturated heterocycles. The number of rotatable bonds is 8. The van der Waals surface area contributed by atoms with Crippen molar-refractivity contribution in [1.82, 2.24) is 5.32 Å². The first-order valence-electron chi connectivity index (χ1n) is 11.3. The van der Waals surface area contributed by atoms with Crippen molar-refractivity contribution < 1.29 is 24.2 Å². The van der Waals surface area contributed by atoms with Crippen LogP contribution in [0.3, 0.4) is 0 Å². The maximum Gasteiger partial charge on any atom is 0.411 e. The molecule has 1 unspecified atom stereocenters. The number of halogens is 1. The number of hydrogen-bond donors (Lipinski definition) is 3. The lowest BCUT2D eigenvalue weighted by Crippen LogP contribution is -2.32. The summed E-state index contributed by atoms with van der Waals surface area (Å²) in [6.45, 7) is 1.89. The molecule has 2 amide bonds. The van der Waals surface area contributed by atoms with Gasteiger partial charge in [0, 0.05) is 18.0 Å². The Morgan fingerprint density at radius 2 is 1.63 bits per heavy atom. The number of carboxylic acids is 1. The Labute approximate surface area is 208 Å². The Morgan fingerprint density at radius 1 is 1.00 bits per heavy atom. The van der Waals surface area contributed by atoms with E-state index in [2.05, 4.69) is 22.8 Å². The van der Waals surface area contributed by atoms with Gasteiger partial charge in [0.05, 0.1) is 16.6 Å². The molecule has 8 heteroatoms. The zero-order valence-electron chi connectivity index (χ0n) is 19.1. The van der Waals surface area contributed by atoms with Gasteiger partial charge in [0.25, 0.3) is 5.91 Å². The third-order valence-electron chi connectivity index (χ3n) is 6.16. The molecule has 0 bridgehead atoms. The van der Waals surface area contributed by atoms with Crippen LogP contribution in [0.5, 0.6) is 0 Å². The van der Waals surface area contributed by atoms with E-state index in [1.54, 1.807) is 6.92 Å². The Bertz CT molecular complexity index is 1230. The highest BCUT2D eigenvalue weighted by Gasteiger charge is 2.29. The standard InChI is InChI=1S/C27H25ClN2O5/c1-2-16(26(32)33)14-29-25(31)17-11-12-23(28)24(13-17)30-27(34)35-15-22-20-9-5-3-7-18(20)19-8-4-6-10-21(19)22/h3-13,16,22H,2,14-15H2,1H3,(H,29,31)(H,30,34)(H,32,33). The predicted octanol–water partition coefficient (Wildman–Crippen LogP) is 5.54. The molecule has 0 fully saturated rings. The molecule has 1 atom stereocenters. The molecule has 35 heavy (non-hydrogen) atoms. The molecule has 4 rings (SSSR count). The minimum absolute atomic E-state index is 0.00241. The minimum atomic E-state index is -0.971. The number of anilines is 1. The van der Waals surface area contributed by atoms with E-state index >= 15 is 0 Å². The first-order valence-corrected chi connectivity index (χ1v) is 11.7. The molecule has 1 aliphatic rings. The van der Waals surface area contributed by atoms with Crippen LogP contribution in [0, 0.1) is 5.92 Å². The van der Waals surface area contributed by atoms with Gasteiger partial charge < -0.3 is 15.2 Å². The second-order valence-electron chi connectivity index (χ2n) is 8.30. The van der Waals surface area contributed by atoms with Gasteiger partial charge in [0.2, 0.25) is 0 Å². The van der Waals surface area contributed by atoms with Gasteiger partial charge in [-0.3, -0.25) is 14.9 Å². The van der Waals surface area contributed by atoms with Gasteiger partial charge in [0.1, 0.15) is 6.61 Å². The van der Waals surface area contributed by atoms with Gasteiger partial charge in [-0.25, -0.2) is 4.79 Å². The highest BCUT2D eigenvalue weighted by Crippen LogP contribution is 2.44. The molecule has 0 saturated carbocycles. The number of carbonyl (C=O) groups excluding carboxylic acids is 2. The number of nitrogens with one attached hydrogen (secondary N) is 2. The summed E-state index contributed by atoms with van der Waals surface area (Å²) in [6.07, 6.45) is -0.298. The number of carboxylic acid groups (broad SMARTS) is 1. The molecule has 1 aliphatic carbocycles. The van der Waals surface area contributed by atoms with Crippen molar-refractivity contribution >= 4 is 35.3 Å². The van der Waals surface area contributed by atoms with E-state index in [-0.39, 0.29) is 35.3 Å². The highest BCUT2D eigenvalue weighted by molar-refractivity contribution is 6.33. The lowest BCUT2D eigenvalue weighted by Gasteiger charge is -2.15. The third kappa shape index (κ3) is 5.30. The van der Waals surface area contributed by atoms with E-state index in [0.29, 0.717) is 6.42 Å². The van der Waals surface area contributed by atoms with Crippen LogP contribution >= 0.6 is 11.6 Å². The second kappa shape index (κ2) is 10.6. The molecular formula is C27H25ClN2O5. The summed E-state index contributed by atoms with van der Waals surface area (Å²) in [5, 5.41) is 14.6. The van der Waals surface area contributed by atoms with Crippen molar-refractivity contribution in [2.24, 2.45) is 5.92 Å². The predicted molar refractivity (Wildman–Crippen MR) is 134 cm³/mol. The van der Waals surface area contributed by atoms with Crippen LogP contribution in [0.1, 0.15) is 40.7 Å². The second-order valence-corrected chi connectivity index (χ2v) is 8.71. The molecular weight excluding hydrogens is 468 g/mol. The molecule has 0 aromatic heterocycles. The van der Waals surface area contributed by atoms with Crippen molar-refractivity contribution in [2.45, 2.75) is 19.3 Å². The third-order valence-corrected chi connectivity index (χ3v) is 6.49. The number of aliphatic carboxylic acids is 1. The molecule has 3 N–H and O–H groups in total. The van der Waals surface area contributed by atoms with Gasteiger partial charge in [-0.15, -0.1) is 0 Å². The van der Waals surface area contributed by atoms with Crippen molar-refractivity contribution in [3.8, 4) is 11.1 Å². The fourth-order valence-corrected chi connectivity index (χ4v) is 4.40. The average Bonchev–Trinajstić information content (AvgIpc) is 3.18. The summed E-state index contributed by atoms with van der Waals surface area (Å²) in [5.41, 5.74) is 4.93. The fraction of sp³-hybridized carbons (Fsp3) is 0.222. The van der Waals surface area contributed by atoms with Crippen LogP contribution < -0.4 is 10.6 Å². The van der Waals surface area contributed by atoms with E-state index in [4.69, 9.17) is 21.4 Å². The van der Waals surface area contributed by atoms with Crippen molar-refractivity contribution in [2.75, 3.05) is 18.5 Å². The molecule has 3 aromatic carbocycles. The van der Waals surface area contributed by atoms with Crippen molar-refractivity contribution in [1.29, 1.82) is 0 Å². The molecule has 0 heterocycles. The summed E-state index contributed by atoms with van der Waals surface area (Å²) in [6, 6.07) is 20.5. The normalized spacial score (nSPS) is 12.9. The molecule has 180 valence electrons. The molecule has 3 aromatic rings. The lowest BCUT2D eigenvalue weighted by atomic mass is 9.98. The topological polar surface area (TPSA) is 105 Å². The number of ether oxygens (including phenoxy) is 1. The largest absolute Gasteiger partial charge is 0.481 e. The molecule has 0 aliphatic heterocycles. The SMILES string of the molecule is CCC(CNC(=O)c1ccc(Cl)c(NC(=O)OCC2c3ccccc3-c3ccccc32)c1)C(=O)O. The summed E-state index contributed by atoms with van der Waals surface area (Å²) < 4.78 is 5.54. The van der Waals surface area contributed by atoms with Crippen LogP contribution in [0.25, 0.3) is 11.1 Å².